The summed E-state index contributed by atoms with van der Waals surface area (Å²) in [6, 6.07) is 5.37. The predicted octanol–water partition coefficient (Wildman–Crippen LogP) is 2.54. The number of anilines is 1. The van der Waals surface area contributed by atoms with Gasteiger partial charge >= 0.3 is 5.69 Å². The van der Waals surface area contributed by atoms with Crippen LogP contribution in [0.1, 0.15) is 29.9 Å². The molecule has 126 valence electrons. The maximum atomic E-state index is 12.9. The SMILES string of the molecule is CC(=O)c1c(S[C@@H](C)C(=O)Nc2ccc(F)cc2)nc(=O)[nH]c1C. The Morgan fingerprint density at radius 2 is 1.92 bits per heavy atom. The van der Waals surface area contributed by atoms with E-state index in [-0.39, 0.29) is 16.7 Å². The van der Waals surface area contributed by atoms with E-state index in [1.165, 1.54) is 31.2 Å². The van der Waals surface area contributed by atoms with Gasteiger partial charge in [-0.15, -0.1) is 0 Å². The van der Waals surface area contributed by atoms with E-state index in [0.717, 1.165) is 11.8 Å². The molecule has 2 N–H and O–H groups in total. The number of thioether (sulfide) groups is 1. The minimum Gasteiger partial charge on any atom is -0.325 e. The number of aryl methyl sites for hydroxylation is 1. The number of aromatic amines is 1. The molecule has 0 fully saturated rings. The monoisotopic (exact) mass is 349 g/mol. The highest BCUT2D eigenvalue weighted by Gasteiger charge is 2.21. The van der Waals surface area contributed by atoms with Crippen LogP contribution in [-0.4, -0.2) is 26.9 Å². The second-order valence-corrected chi connectivity index (χ2v) is 6.49. The quantitative estimate of drug-likeness (QED) is 0.492. The van der Waals surface area contributed by atoms with Gasteiger partial charge in [0, 0.05) is 11.4 Å². The summed E-state index contributed by atoms with van der Waals surface area (Å²) in [6.07, 6.45) is 0. The van der Waals surface area contributed by atoms with Crippen molar-refractivity contribution in [3.05, 3.63) is 51.8 Å². The van der Waals surface area contributed by atoms with E-state index in [2.05, 4.69) is 15.3 Å². The Labute approximate surface area is 141 Å². The number of aromatic nitrogens is 2. The van der Waals surface area contributed by atoms with Gasteiger partial charge in [0.05, 0.1) is 10.8 Å². The van der Waals surface area contributed by atoms with Crippen LogP contribution < -0.4 is 11.0 Å². The summed E-state index contributed by atoms with van der Waals surface area (Å²) < 4.78 is 12.9. The van der Waals surface area contributed by atoms with Crippen molar-refractivity contribution < 1.29 is 14.0 Å². The molecular formula is C16H16FN3O3S. The molecule has 6 nitrogen and oxygen atoms in total. The van der Waals surface area contributed by atoms with Crippen LogP contribution in [0.5, 0.6) is 0 Å². The summed E-state index contributed by atoms with van der Waals surface area (Å²) in [5.74, 6) is -0.990. The molecule has 1 aromatic heterocycles. The van der Waals surface area contributed by atoms with Crippen molar-refractivity contribution in [3.63, 3.8) is 0 Å². The third-order valence-corrected chi connectivity index (χ3v) is 4.29. The van der Waals surface area contributed by atoms with Crippen LogP contribution >= 0.6 is 11.8 Å². The molecule has 8 heteroatoms. The number of amides is 1. The van der Waals surface area contributed by atoms with Gasteiger partial charge in [-0.1, -0.05) is 11.8 Å². The lowest BCUT2D eigenvalue weighted by atomic mass is 10.2. The molecule has 0 unspecified atom stereocenters. The predicted molar refractivity (Wildman–Crippen MR) is 89.9 cm³/mol. The molecule has 2 rings (SSSR count). The Kier molecular flexibility index (Phi) is 5.50. The molecular weight excluding hydrogens is 333 g/mol. The van der Waals surface area contributed by atoms with Crippen LogP contribution in [0.4, 0.5) is 10.1 Å². The second-order valence-electron chi connectivity index (χ2n) is 5.16. The summed E-state index contributed by atoms with van der Waals surface area (Å²) in [5.41, 5.74) is 0.582. The van der Waals surface area contributed by atoms with E-state index in [9.17, 15) is 18.8 Å². The van der Waals surface area contributed by atoms with Gasteiger partial charge in [-0.25, -0.2) is 9.18 Å². The first-order chi connectivity index (χ1) is 11.3. The fourth-order valence-corrected chi connectivity index (χ4v) is 3.11. The Morgan fingerprint density at radius 3 is 2.50 bits per heavy atom. The molecule has 0 spiro atoms. The highest BCUT2D eigenvalue weighted by Crippen LogP contribution is 2.26. The lowest BCUT2D eigenvalue weighted by Gasteiger charge is -2.13. The molecule has 0 saturated carbocycles. The van der Waals surface area contributed by atoms with Gasteiger partial charge in [0.2, 0.25) is 5.91 Å². The molecule has 2 aromatic rings. The number of rotatable bonds is 5. The zero-order valence-electron chi connectivity index (χ0n) is 13.3. The number of H-pyrrole nitrogens is 1. The Bertz CT molecular complexity index is 833. The van der Waals surface area contributed by atoms with Crippen LogP contribution in [0.3, 0.4) is 0 Å². The largest absolute Gasteiger partial charge is 0.346 e. The van der Waals surface area contributed by atoms with E-state index in [0.29, 0.717) is 16.9 Å². The molecule has 1 aromatic carbocycles. The number of halogens is 1. The minimum atomic E-state index is -0.609. The van der Waals surface area contributed by atoms with E-state index in [1.54, 1.807) is 13.8 Å². The number of carbonyl (C=O) groups is 2. The number of hydrogen-bond donors (Lipinski definition) is 2. The average Bonchev–Trinajstić information content (AvgIpc) is 2.48. The third-order valence-electron chi connectivity index (χ3n) is 3.21. The average molecular weight is 349 g/mol. The number of ketones is 1. The molecule has 0 radical (unpaired) electrons. The number of Topliss-reactive ketones (excluding diaryl/α,β-unsaturated/α-hetero) is 1. The van der Waals surface area contributed by atoms with Crippen LogP contribution in [0.15, 0.2) is 34.1 Å². The number of nitrogens with one attached hydrogen (secondary N) is 2. The smallest absolute Gasteiger partial charge is 0.325 e. The maximum Gasteiger partial charge on any atom is 0.346 e. The number of nitrogens with zero attached hydrogens (tertiary/aromatic N) is 1. The molecule has 1 amide bonds. The molecule has 1 atom stereocenters. The highest BCUT2D eigenvalue weighted by atomic mass is 32.2. The van der Waals surface area contributed by atoms with Crippen molar-refractivity contribution in [2.24, 2.45) is 0 Å². The Hall–Kier alpha value is -2.48. The molecule has 0 aliphatic rings. The van der Waals surface area contributed by atoms with Crippen molar-refractivity contribution in [2.45, 2.75) is 31.0 Å². The van der Waals surface area contributed by atoms with Crippen LogP contribution in [-0.2, 0) is 4.79 Å². The van der Waals surface area contributed by atoms with Crippen LogP contribution in [0.2, 0.25) is 0 Å². The minimum absolute atomic E-state index is 0.213. The number of benzene rings is 1. The first-order valence-electron chi connectivity index (χ1n) is 7.13. The van der Waals surface area contributed by atoms with Crippen LogP contribution in [0.25, 0.3) is 0 Å². The van der Waals surface area contributed by atoms with E-state index in [4.69, 9.17) is 0 Å². The van der Waals surface area contributed by atoms with Gasteiger partial charge in [-0.2, -0.15) is 4.98 Å². The van der Waals surface area contributed by atoms with E-state index < -0.39 is 16.8 Å². The number of hydrogen-bond acceptors (Lipinski definition) is 5. The normalized spacial score (nSPS) is 11.8. The van der Waals surface area contributed by atoms with E-state index in [1.807, 2.05) is 0 Å². The maximum absolute atomic E-state index is 12.9. The molecule has 24 heavy (non-hydrogen) atoms. The van der Waals surface area contributed by atoms with Crippen molar-refractivity contribution in [1.29, 1.82) is 0 Å². The van der Waals surface area contributed by atoms with E-state index >= 15 is 0 Å². The lowest BCUT2D eigenvalue weighted by Crippen LogP contribution is -2.24. The summed E-state index contributed by atoms with van der Waals surface area (Å²) in [4.78, 5) is 41.8. The first kappa shape index (κ1) is 17.9. The summed E-state index contributed by atoms with van der Waals surface area (Å²) >= 11 is 1.02. The van der Waals surface area contributed by atoms with Gasteiger partial charge in [-0.05, 0) is 45.0 Å². The third kappa shape index (κ3) is 4.29. The Balaban J connectivity index is 2.18. The standard InChI is InChI=1S/C16H16FN3O3S/c1-8-13(9(2)21)15(20-16(23)18-8)24-10(3)14(22)19-12-6-4-11(17)5-7-12/h4-7,10H,1-3H3,(H,19,22)(H,18,20,23)/t10-/m0/s1. The molecule has 0 saturated heterocycles. The van der Waals surface area contributed by atoms with Gasteiger partial charge < -0.3 is 10.3 Å². The van der Waals surface area contributed by atoms with Crippen LogP contribution in [0, 0.1) is 12.7 Å². The van der Waals surface area contributed by atoms with Crippen molar-refractivity contribution in [2.75, 3.05) is 5.32 Å². The fourth-order valence-electron chi connectivity index (χ4n) is 2.06. The summed E-state index contributed by atoms with van der Waals surface area (Å²) in [6.45, 7) is 4.61. The second kappa shape index (κ2) is 7.39. The van der Waals surface area contributed by atoms with Crippen molar-refractivity contribution in [3.8, 4) is 0 Å². The summed E-state index contributed by atoms with van der Waals surface area (Å²) in [5, 5.41) is 2.25. The molecule has 0 aliphatic carbocycles. The zero-order chi connectivity index (χ0) is 17.9. The Morgan fingerprint density at radius 1 is 1.29 bits per heavy atom. The zero-order valence-corrected chi connectivity index (χ0v) is 14.2. The van der Waals surface area contributed by atoms with Gasteiger partial charge in [0.1, 0.15) is 10.8 Å². The van der Waals surface area contributed by atoms with Gasteiger partial charge in [0.15, 0.2) is 5.78 Å². The number of carbonyl (C=O) groups excluding carboxylic acids is 2. The fraction of sp³-hybridized carbons (Fsp3) is 0.250. The lowest BCUT2D eigenvalue weighted by molar-refractivity contribution is -0.115. The van der Waals surface area contributed by atoms with Crippen molar-refractivity contribution >= 4 is 29.1 Å². The van der Waals surface area contributed by atoms with Gasteiger partial charge in [-0.3, -0.25) is 9.59 Å². The topological polar surface area (TPSA) is 91.9 Å². The van der Waals surface area contributed by atoms with Crippen molar-refractivity contribution in [1.82, 2.24) is 9.97 Å². The van der Waals surface area contributed by atoms with Gasteiger partial charge in [0.25, 0.3) is 0 Å². The molecule has 0 bridgehead atoms. The summed E-state index contributed by atoms with van der Waals surface area (Å²) in [7, 11) is 0. The molecule has 1 heterocycles. The molecule has 0 aliphatic heterocycles. The highest BCUT2D eigenvalue weighted by molar-refractivity contribution is 8.00. The first-order valence-corrected chi connectivity index (χ1v) is 8.01.